The van der Waals surface area contributed by atoms with Gasteiger partial charge in [0.1, 0.15) is 10.7 Å². The average molecular weight is 361 g/mol. The van der Waals surface area contributed by atoms with Crippen LogP contribution in [0.4, 0.5) is 5.82 Å². The van der Waals surface area contributed by atoms with Crippen molar-refractivity contribution in [3.63, 3.8) is 0 Å². The van der Waals surface area contributed by atoms with Crippen LogP contribution < -0.4 is 5.32 Å². The van der Waals surface area contributed by atoms with Crippen molar-refractivity contribution in [3.8, 4) is 0 Å². The maximum Gasteiger partial charge on any atom is 0.179 e. The third kappa shape index (κ3) is 3.89. The molecule has 0 aliphatic heterocycles. The zero-order chi connectivity index (χ0) is 16.3. The maximum atomic E-state index is 11.7. The minimum absolute atomic E-state index is 0.0169. The molecule has 0 aliphatic rings. The van der Waals surface area contributed by atoms with Gasteiger partial charge in [0.25, 0.3) is 0 Å². The zero-order valence-corrected chi connectivity index (χ0v) is 14.0. The molecular formula is C14H14Cl2N2O3S. The van der Waals surface area contributed by atoms with Crippen molar-refractivity contribution in [2.75, 3.05) is 18.1 Å². The number of aliphatic hydroxyl groups is 1. The summed E-state index contributed by atoms with van der Waals surface area (Å²) in [6.07, 6.45) is 1.55. The lowest BCUT2D eigenvalue weighted by Gasteiger charge is -2.16. The maximum absolute atomic E-state index is 11.7. The van der Waals surface area contributed by atoms with Gasteiger partial charge >= 0.3 is 0 Å². The minimum atomic E-state index is -3.42. The van der Waals surface area contributed by atoms with Gasteiger partial charge in [-0.05, 0) is 24.3 Å². The fourth-order valence-corrected chi connectivity index (χ4v) is 3.40. The molecule has 1 unspecified atom stereocenters. The number of benzene rings is 1. The van der Waals surface area contributed by atoms with Crippen molar-refractivity contribution in [3.05, 3.63) is 52.1 Å². The largest absolute Gasteiger partial charge is 0.386 e. The molecule has 0 spiro atoms. The Morgan fingerprint density at radius 1 is 1.23 bits per heavy atom. The van der Waals surface area contributed by atoms with Crippen LogP contribution in [0, 0.1) is 0 Å². The van der Waals surface area contributed by atoms with E-state index in [2.05, 4.69) is 10.3 Å². The van der Waals surface area contributed by atoms with Gasteiger partial charge in [-0.15, -0.1) is 0 Å². The van der Waals surface area contributed by atoms with E-state index in [0.717, 1.165) is 6.26 Å². The lowest BCUT2D eigenvalue weighted by Crippen LogP contribution is -2.16. The van der Waals surface area contributed by atoms with Crippen LogP contribution in [0.1, 0.15) is 11.7 Å². The summed E-state index contributed by atoms with van der Waals surface area (Å²) in [5.41, 5.74) is 0.384. The van der Waals surface area contributed by atoms with Gasteiger partial charge in [0.2, 0.25) is 0 Å². The summed E-state index contributed by atoms with van der Waals surface area (Å²) < 4.78 is 23.4. The predicted molar refractivity (Wildman–Crippen MR) is 87.3 cm³/mol. The summed E-state index contributed by atoms with van der Waals surface area (Å²) in [5.74, 6) is 0.173. The van der Waals surface area contributed by atoms with Gasteiger partial charge in [-0.25, -0.2) is 13.4 Å². The van der Waals surface area contributed by atoms with Crippen LogP contribution in [-0.4, -0.2) is 31.3 Å². The van der Waals surface area contributed by atoms with Gasteiger partial charge in [0.15, 0.2) is 9.84 Å². The van der Waals surface area contributed by atoms with Gasteiger partial charge in [-0.3, -0.25) is 0 Å². The van der Waals surface area contributed by atoms with E-state index in [1.54, 1.807) is 18.2 Å². The molecule has 22 heavy (non-hydrogen) atoms. The van der Waals surface area contributed by atoms with Crippen LogP contribution in [0.2, 0.25) is 10.0 Å². The quantitative estimate of drug-likeness (QED) is 0.856. The molecule has 8 heteroatoms. The van der Waals surface area contributed by atoms with Crippen LogP contribution in [-0.2, 0) is 9.84 Å². The summed E-state index contributed by atoms with van der Waals surface area (Å²) in [5, 5.41) is 13.7. The van der Waals surface area contributed by atoms with Gasteiger partial charge < -0.3 is 10.4 Å². The second kappa shape index (κ2) is 6.83. The van der Waals surface area contributed by atoms with Crippen LogP contribution in [0.15, 0.2) is 41.4 Å². The first-order valence-electron chi connectivity index (χ1n) is 6.31. The fraction of sp³-hybridized carbons (Fsp3) is 0.214. The summed E-state index contributed by atoms with van der Waals surface area (Å²) in [4.78, 5) is 4.05. The highest BCUT2D eigenvalue weighted by Gasteiger charge is 2.18. The molecule has 0 aliphatic carbocycles. The number of nitrogens with one attached hydrogen (secondary N) is 1. The SMILES string of the molecule is CS(=O)(=O)c1cccnc1NCC(O)c1c(Cl)cccc1Cl. The second-order valence-corrected chi connectivity index (χ2v) is 7.45. The number of aliphatic hydroxyl groups excluding tert-OH is 1. The Labute approximate surface area is 138 Å². The van der Waals surface area contributed by atoms with Crippen molar-refractivity contribution in [2.24, 2.45) is 0 Å². The highest BCUT2D eigenvalue weighted by molar-refractivity contribution is 7.90. The number of anilines is 1. The molecule has 0 amide bonds. The number of rotatable bonds is 5. The Hall–Kier alpha value is -1.34. The van der Waals surface area contributed by atoms with Gasteiger partial charge in [-0.2, -0.15) is 0 Å². The predicted octanol–water partition coefficient (Wildman–Crippen LogP) is 2.94. The van der Waals surface area contributed by atoms with Crippen LogP contribution in [0.25, 0.3) is 0 Å². The smallest absolute Gasteiger partial charge is 0.179 e. The Morgan fingerprint density at radius 3 is 2.45 bits per heavy atom. The number of hydrogen-bond donors (Lipinski definition) is 2. The Morgan fingerprint density at radius 2 is 1.86 bits per heavy atom. The summed E-state index contributed by atoms with van der Waals surface area (Å²) in [6, 6.07) is 7.89. The fourth-order valence-electron chi connectivity index (χ4n) is 1.95. The number of pyridine rings is 1. The molecule has 0 fully saturated rings. The third-order valence-electron chi connectivity index (χ3n) is 2.97. The number of halogens is 2. The number of hydrogen-bond acceptors (Lipinski definition) is 5. The number of sulfone groups is 1. The molecular weight excluding hydrogens is 347 g/mol. The van der Waals surface area contributed by atoms with Crippen LogP contribution in [0.3, 0.4) is 0 Å². The molecule has 118 valence electrons. The minimum Gasteiger partial charge on any atom is -0.386 e. The molecule has 0 bridgehead atoms. The average Bonchev–Trinajstić information content (AvgIpc) is 2.44. The van der Waals surface area contributed by atoms with Crippen molar-refractivity contribution >= 4 is 38.9 Å². The number of nitrogens with zero attached hydrogens (tertiary/aromatic N) is 1. The topological polar surface area (TPSA) is 79.3 Å². The van der Waals surface area contributed by atoms with E-state index in [-0.39, 0.29) is 17.3 Å². The Bertz CT molecular complexity index is 761. The van der Waals surface area contributed by atoms with Gasteiger partial charge in [-0.1, -0.05) is 29.3 Å². The molecule has 1 aromatic heterocycles. The molecule has 0 saturated heterocycles. The molecule has 2 N–H and O–H groups in total. The van der Waals surface area contributed by atoms with Crippen LogP contribution >= 0.6 is 23.2 Å². The first kappa shape index (κ1) is 17.0. The van der Waals surface area contributed by atoms with Crippen LogP contribution in [0.5, 0.6) is 0 Å². The highest BCUT2D eigenvalue weighted by Crippen LogP contribution is 2.30. The van der Waals surface area contributed by atoms with Crippen molar-refractivity contribution in [1.82, 2.24) is 4.98 Å². The van der Waals surface area contributed by atoms with E-state index in [0.29, 0.717) is 15.6 Å². The molecule has 0 radical (unpaired) electrons. The molecule has 1 aromatic carbocycles. The summed E-state index contributed by atoms with van der Waals surface area (Å²) in [6.45, 7) is 0.0169. The lowest BCUT2D eigenvalue weighted by atomic mass is 10.1. The van der Waals surface area contributed by atoms with Gasteiger partial charge in [0.05, 0.1) is 6.10 Å². The molecule has 2 rings (SSSR count). The molecule has 1 heterocycles. The monoisotopic (exact) mass is 360 g/mol. The van der Waals surface area contributed by atoms with E-state index in [1.807, 2.05) is 0 Å². The summed E-state index contributed by atoms with van der Waals surface area (Å²) >= 11 is 12.1. The van der Waals surface area contributed by atoms with Crippen molar-refractivity contribution < 1.29 is 13.5 Å². The van der Waals surface area contributed by atoms with E-state index in [9.17, 15) is 13.5 Å². The third-order valence-corrected chi connectivity index (χ3v) is 4.75. The zero-order valence-electron chi connectivity index (χ0n) is 11.6. The standard InChI is InChI=1S/C14H14Cl2N2O3S/c1-22(20,21)12-6-3-7-17-14(12)18-8-11(19)13-9(15)4-2-5-10(13)16/h2-7,11,19H,8H2,1H3,(H,17,18). The molecule has 5 nitrogen and oxygen atoms in total. The first-order chi connectivity index (χ1) is 10.3. The van der Waals surface area contributed by atoms with E-state index in [4.69, 9.17) is 23.2 Å². The summed E-state index contributed by atoms with van der Waals surface area (Å²) in [7, 11) is -3.42. The van der Waals surface area contributed by atoms with E-state index in [1.165, 1.54) is 18.3 Å². The van der Waals surface area contributed by atoms with E-state index >= 15 is 0 Å². The van der Waals surface area contributed by atoms with E-state index < -0.39 is 15.9 Å². The second-order valence-electron chi connectivity index (χ2n) is 4.65. The van der Waals surface area contributed by atoms with Crippen molar-refractivity contribution in [1.29, 1.82) is 0 Å². The molecule has 0 saturated carbocycles. The first-order valence-corrected chi connectivity index (χ1v) is 8.96. The normalized spacial score (nSPS) is 12.9. The Balaban J connectivity index is 2.21. The molecule has 1 atom stereocenters. The highest BCUT2D eigenvalue weighted by atomic mass is 35.5. The van der Waals surface area contributed by atoms with Crippen molar-refractivity contribution in [2.45, 2.75) is 11.0 Å². The van der Waals surface area contributed by atoms with Gasteiger partial charge in [0, 0.05) is 34.6 Å². The number of aromatic nitrogens is 1. The lowest BCUT2D eigenvalue weighted by molar-refractivity contribution is 0.191. The molecule has 2 aromatic rings. The Kier molecular flexibility index (Phi) is 5.28.